The molecule has 1 N–H and O–H groups in total. The fraction of sp³-hybridized carbons (Fsp3) is 0.357. The monoisotopic (exact) mass is 229 g/mol. The third-order valence-corrected chi connectivity index (χ3v) is 3.84. The fourth-order valence-electron chi connectivity index (χ4n) is 3.09. The van der Waals surface area contributed by atoms with Crippen molar-refractivity contribution >= 4 is 17.2 Å². The highest BCUT2D eigenvalue weighted by molar-refractivity contribution is 6.01. The highest BCUT2D eigenvalue weighted by Crippen LogP contribution is 2.41. The van der Waals surface area contributed by atoms with E-state index in [1.165, 1.54) is 5.69 Å². The molecule has 3 rings (SSSR count). The summed E-state index contributed by atoms with van der Waals surface area (Å²) in [5, 5.41) is 9.40. The van der Waals surface area contributed by atoms with E-state index in [-0.39, 0.29) is 6.04 Å². The van der Waals surface area contributed by atoms with Crippen molar-refractivity contribution < 1.29 is 9.90 Å². The highest BCUT2D eigenvalue weighted by Gasteiger charge is 2.37. The number of carbonyl (C=O) groups is 1. The first-order valence-corrected chi connectivity index (χ1v) is 6.00. The first-order valence-electron chi connectivity index (χ1n) is 6.00. The zero-order valence-corrected chi connectivity index (χ0v) is 9.81. The fourth-order valence-corrected chi connectivity index (χ4v) is 3.09. The van der Waals surface area contributed by atoms with Gasteiger partial charge < -0.3 is 10.0 Å². The summed E-state index contributed by atoms with van der Waals surface area (Å²) in [4.78, 5) is 13.7. The van der Waals surface area contributed by atoms with E-state index in [4.69, 9.17) is 0 Å². The number of carboxylic acid groups (broad SMARTS) is 1. The van der Waals surface area contributed by atoms with E-state index in [0.717, 1.165) is 30.5 Å². The number of benzene rings is 1. The zero-order chi connectivity index (χ0) is 12.0. The van der Waals surface area contributed by atoms with Gasteiger partial charge in [0.2, 0.25) is 0 Å². The molecule has 2 aliphatic heterocycles. The summed E-state index contributed by atoms with van der Waals surface area (Å²) in [6.07, 6.45) is 2.02. The Bertz CT molecular complexity index is 519. The van der Waals surface area contributed by atoms with Gasteiger partial charge in [0.05, 0.1) is 11.6 Å². The minimum absolute atomic E-state index is 0.0717. The first-order chi connectivity index (χ1) is 8.20. The van der Waals surface area contributed by atoms with Gasteiger partial charge >= 0.3 is 5.97 Å². The summed E-state index contributed by atoms with van der Waals surface area (Å²) in [6.45, 7) is 2.89. The smallest absolute Gasteiger partial charge is 0.333 e. The summed E-state index contributed by atoms with van der Waals surface area (Å²) >= 11 is 0. The van der Waals surface area contributed by atoms with Crippen molar-refractivity contribution in [2.45, 2.75) is 25.8 Å². The third kappa shape index (κ3) is 1.38. The van der Waals surface area contributed by atoms with Gasteiger partial charge in [-0.15, -0.1) is 0 Å². The Balaban J connectivity index is 2.25. The molecule has 0 amide bonds. The number of fused-ring (bicyclic) bond motifs is 3. The molecule has 3 heteroatoms. The SMILES string of the molecule is CC1=C(C(=O)O)[C@H]2CCCN2c2ccccc21. The number of nitrogens with zero attached hydrogens (tertiary/aromatic N) is 1. The summed E-state index contributed by atoms with van der Waals surface area (Å²) in [5.41, 5.74) is 3.78. The predicted octanol–water partition coefficient (Wildman–Crippen LogP) is 2.53. The van der Waals surface area contributed by atoms with Gasteiger partial charge in [-0.1, -0.05) is 18.2 Å². The average molecular weight is 229 g/mol. The van der Waals surface area contributed by atoms with Crippen LogP contribution in [0.5, 0.6) is 0 Å². The van der Waals surface area contributed by atoms with Crippen LogP contribution in [0.1, 0.15) is 25.3 Å². The van der Waals surface area contributed by atoms with Gasteiger partial charge in [0.25, 0.3) is 0 Å². The standard InChI is InChI=1S/C14H15NO2/c1-9-10-5-2-3-6-11(10)15-8-4-7-12(15)13(9)14(16)17/h2-3,5-6,12H,4,7-8H2,1H3,(H,16,17)/t12-/m1/s1. The first kappa shape index (κ1) is 10.4. The third-order valence-electron chi connectivity index (χ3n) is 3.84. The molecule has 0 aliphatic carbocycles. The molecule has 0 saturated carbocycles. The number of hydrogen-bond donors (Lipinski definition) is 1. The van der Waals surface area contributed by atoms with E-state index < -0.39 is 5.97 Å². The number of para-hydroxylation sites is 1. The van der Waals surface area contributed by atoms with Crippen molar-refractivity contribution in [3.05, 3.63) is 35.4 Å². The lowest BCUT2D eigenvalue weighted by molar-refractivity contribution is -0.132. The van der Waals surface area contributed by atoms with Crippen LogP contribution in [0.2, 0.25) is 0 Å². The number of aliphatic carboxylic acids is 1. The van der Waals surface area contributed by atoms with Crippen LogP contribution in [0.15, 0.2) is 29.8 Å². The van der Waals surface area contributed by atoms with E-state index in [9.17, 15) is 9.90 Å². The summed E-state index contributed by atoms with van der Waals surface area (Å²) in [7, 11) is 0. The summed E-state index contributed by atoms with van der Waals surface area (Å²) < 4.78 is 0. The van der Waals surface area contributed by atoms with E-state index in [0.29, 0.717) is 5.57 Å². The molecule has 0 aromatic heterocycles. The molecule has 0 spiro atoms. The van der Waals surface area contributed by atoms with Crippen molar-refractivity contribution in [2.24, 2.45) is 0 Å². The van der Waals surface area contributed by atoms with Gasteiger partial charge in [-0.25, -0.2) is 4.79 Å². The molecule has 1 saturated heterocycles. The van der Waals surface area contributed by atoms with Crippen LogP contribution in [-0.4, -0.2) is 23.7 Å². The Hall–Kier alpha value is -1.77. The van der Waals surface area contributed by atoms with Gasteiger partial charge in [-0.2, -0.15) is 0 Å². The molecule has 2 aliphatic rings. The maximum atomic E-state index is 11.4. The van der Waals surface area contributed by atoms with E-state index in [2.05, 4.69) is 11.0 Å². The second-order valence-corrected chi connectivity index (χ2v) is 4.71. The maximum absolute atomic E-state index is 11.4. The lowest BCUT2D eigenvalue weighted by atomic mass is 9.89. The maximum Gasteiger partial charge on any atom is 0.333 e. The Labute approximate surface area is 100 Å². The Morgan fingerprint density at radius 1 is 1.41 bits per heavy atom. The van der Waals surface area contributed by atoms with Gasteiger partial charge in [-0.05, 0) is 31.4 Å². The number of hydrogen-bond acceptors (Lipinski definition) is 2. The number of anilines is 1. The van der Waals surface area contributed by atoms with Crippen molar-refractivity contribution in [2.75, 3.05) is 11.4 Å². The lowest BCUT2D eigenvalue weighted by Crippen LogP contribution is -2.37. The van der Waals surface area contributed by atoms with Crippen LogP contribution in [0.3, 0.4) is 0 Å². The predicted molar refractivity (Wildman–Crippen MR) is 67.0 cm³/mol. The summed E-state index contributed by atoms with van der Waals surface area (Å²) in [6, 6.07) is 8.17. The largest absolute Gasteiger partial charge is 0.478 e. The second kappa shape index (κ2) is 3.62. The molecular formula is C14H15NO2. The van der Waals surface area contributed by atoms with Crippen LogP contribution in [0.4, 0.5) is 5.69 Å². The van der Waals surface area contributed by atoms with E-state index >= 15 is 0 Å². The van der Waals surface area contributed by atoms with Crippen LogP contribution >= 0.6 is 0 Å². The van der Waals surface area contributed by atoms with Crippen molar-refractivity contribution in [1.82, 2.24) is 0 Å². The molecule has 0 radical (unpaired) electrons. The van der Waals surface area contributed by atoms with Gasteiger partial charge in [0.1, 0.15) is 0 Å². The normalized spacial score (nSPS) is 22.4. The number of allylic oxidation sites excluding steroid dienone is 1. The molecule has 1 atom stereocenters. The molecule has 2 heterocycles. The molecule has 1 aromatic carbocycles. The molecule has 1 fully saturated rings. The average Bonchev–Trinajstić information content (AvgIpc) is 2.78. The Morgan fingerprint density at radius 2 is 2.18 bits per heavy atom. The zero-order valence-electron chi connectivity index (χ0n) is 9.81. The van der Waals surface area contributed by atoms with Gasteiger partial charge in [0, 0.05) is 17.8 Å². The highest BCUT2D eigenvalue weighted by atomic mass is 16.4. The Morgan fingerprint density at radius 3 is 2.94 bits per heavy atom. The lowest BCUT2D eigenvalue weighted by Gasteiger charge is -2.34. The second-order valence-electron chi connectivity index (χ2n) is 4.71. The van der Waals surface area contributed by atoms with Crippen LogP contribution < -0.4 is 4.90 Å². The van der Waals surface area contributed by atoms with Crippen molar-refractivity contribution in [3.63, 3.8) is 0 Å². The molecule has 17 heavy (non-hydrogen) atoms. The number of rotatable bonds is 1. The molecule has 88 valence electrons. The van der Waals surface area contributed by atoms with Gasteiger partial charge in [0.15, 0.2) is 0 Å². The van der Waals surface area contributed by atoms with Crippen LogP contribution in [-0.2, 0) is 4.79 Å². The molecule has 0 unspecified atom stereocenters. The topological polar surface area (TPSA) is 40.5 Å². The summed E-state index contributed by atoms with van der Waals surface area (Å²) in [5.74, 6) is -0.770. The number of carboxylic acids is 1. The molecule has 3 nitrogen and oxygen atoms in total. The quantitative estimate of drug-likeness (QED) is 0.804. The van der Waals surface area contributed by atoms with Crippen molar-refractivity contribution in [3.8, 4) is 0 Å². The minimum atomic E-state index is -0.770. The molecular weight excluding hydrogens is 214 g/mol. The van der Waals surface area contributed by atoms with Crippen molar-refractivity contribution in [1.29, 1.82) is 0 Å². The van der Waals surface area contributed by atoms with Gasteiger partial charge in [-0.3, -0.25) is 0 Å². The van der Waals surface area contributed by atoms with E-state index in [1.54, 1.807) is 0 Å². The minimum Gasteiger partial charge on any atom is -0.478 e. The Kier molecular flexibility index (Phi) is 2.21. The van der Waals surface area contributed by atoms with Crippen LogP contribution in [0, 0.1) is 0 Å². The van der Waals surface area contributed by atoms with E-state index in [1.807, 2.05) is 25.1 Å². The van der Waals surface area contributed by atoms with Crippen LogP contribution in [0.25, 0.3) is 5.57 Å². The molecule has 0 bridgehead atoms. The molecule has 1 aromatic rings.